The van der Waals surface area contributed by atoms with E-state index in [0.29, 0.717) is 6.54 Å². The lowest BCUT2D eigenvalue weighted by atomic mass is 10.2. The van der Waals surface area contributed by atoms with Crippen molar-refractivity contribution in [1.82, 2.24) is 9.47 Å². The average Bonchev–Trinajstić information content (AvgIpc) is 2.83. The van der Waals surface area contributed by atoms with Gasteiger partial charge in [0, 0.05) is 55.9 Å². The molecule has 0 saturated carbocycles. The van der Waals surface area contributed by atoms with Crippen LogP contribution in [0.2, 0.25) is 0 Å². The van der Waals surface area contributed by atoms with E-state index in [4.69, 9.17) is 4.74 Å². The molecule has 3 aromatic rings. The molecule has 172 valence electrons. The molecule has 0 unspecified atom stereocenters. The molecule has 1 fully saturated rings. The number of piperazine rings is 1. The lowest BCUT2D eigenvalue weighted by Gasteiger charge is -2.36. The first-order valence-corrected chi connectivity index (χ1v) is 11.2. The number of nitrogens with one attached hydrogen (secondary N) is 1. The maximum absolute atomic E-state index is 12.7. The van der Waals surface area contributed by atoms with Crippen LogP contribution in [0.15, 0.2) is 71.7 Å². The molecular weight excluding hydrogens is 416 g/mol. The number of hydrogen-bond acceptors (Lipinski definition) is 5. The Morgan fingerprint density at radius 3 is 2.36 bits per heavy atom. The number of anilines is 2. The molecule has 1 amide bonds. The van der Waals surface area contributed by atoms with Gasteiger partial charge in [-0.3, -0.25) is 14.5 Å². The number of carbonyl (C=O) groups excluding carboxylic acids is 1. The van der Waals surface area contributed by atoms with Gasteiger partial charge in [-0.2, -0.15) is 0 Å². The number of hydrogen-bond donors (Lipinski definition) is 1. The second kappa shape index (κ2) is 10.4. The van der Waals surface area contributed by atoms with Crippen molar-refractivity contribution in [3.05, 3.63) is 88.3 Å². The molecule has 33 heavy (non-hydrogen) atoms. The van der Waals surface area contributed by atoms with Gasteiger partial charge in [0.25, 0.3) is 0 Å². The number of amides is 1. The topological polar surface area (TPSA) is 66.8 Å². The number of carbonyl (C=O) groups is 1. The van der Waals surface area contributed by atoms with Crippen LogP contribution in [-0.2, 0) is 17.9 Å². The quantitative estimate of drug-likeness (QED) is 0.604. The molecule has 7 nitrogen and oxygen atoms in total. The van der Waals surface area contributed by atoms with Gasteiger partial charge in [0.1, 0.15) is 6.54 Å². The van der Waals surface area contributed by atoms with Gasteiger partial charge in [-0.05, 0) is 31.2 Å². The van der Waals surface area contributed by atoms with E-state index in [9.17, 15) is 9.59 Å². The van der Waals surface area contributed by atoms with Crippen molar-refractivity contribution < 1.29 is 9.53 Å². The second-order valence-corrected chi connectivity index (χ2v) is 8.34. The van der Waals surface area contributed by atoms with Gasteiger partial charge in [0.05, 0.1) is 13.3 Å². The van der Waals surface area contributed by atoms with Crippen LogP contribution in [0.1, 0.15) is 11.3 Å². The predicted octanol–water partition coefficient (Wildman–Crippen LogP) is 3.13. The van der Waals surface area contributed by atoms with Crippen LogP contribution in [0.5, 0.6) is 5.75 Å². The van der Waals surface area contributed by atoms with Gasteiger partial charge in [-0.1, -0.05) is 35.9 Å². The fraction of sp³-hybridized carbons (Fsp3) is 0.308. The van der Waals surface area contributed by atoms with Gasteiger partial charge in [-0.25, -0.2) is 0 Å². The summed E-state index contributed by atoms with van der Waals surface area (Å²) in [6, 6.07) is 19.7. The van der Waals surface area contributed by atoms with Crippen LogP contribution in [-0.4, -0.2) is 48.7 Å². The molecule has 0 radical (unpaired) electrons. The van der Waals surface area contributed by atoms with Crippen molar-refractivity contribution in [3.63, 3.8) is 0 Å². The number of aromatic nitrogens is 1. The van der Waals surface area contributed by atoms with E-state index < -0.39 is 0 Å². The van der Waals surface area contributed by atoms with E-state index in [-0.39, 0.29) is 23.6 Å². The second-order valence-electron chi connectivity index (χ2n) is 8.34. The zero-order chi connectivity index (χ0) is 23.2. The lowest BCUT2D eigenvalue weighted by molar-refractivity contribution is -0.116. The van der Waals surface area contributed by atoms with Gasteiger partial charge in [0.15, 0.2) is 5.75 Å². The first-order chi connectivity index (χ1) is 16.0. The molecule has 1 N–H and O–H groups in total. The van der Waals surface area contributed by atoms with Crippen molar-refractivity contribution in [2.45, 2.75) is 20.0 Å². The summed E-state index contributed by atoms with van der Waals surface area (Å²) in [5, 5.41) is 2.93. The van der Waals surface area contributed by atoms with Crippen molar-refractivity contribution >= 4 is 17.3 Å². The summed E-state index contributed by atoms with van der Waals surface area (Å²) in [5.41, 5.74) is 3.73. The first kappa shape index (κ1) is 22.6. The Kier molecular flexibility index (Phi) is 7.10. The minimum Gasteiger partial charge on any atom is -0.491 e. The fourth-order valence-corrected chi connectivity index (χ4v) is 4.05. The van der Waals surface area contributed by atoms with Crippen LogP contribution in [0.25, 0.3) is 0 Å². The van der Waals surface area contributed by atoms with Crippen LogP contribution in [0, 0.1) is 6.92 Å². The van der Waals surface area contributed by atoms with Crippen LogP contribution in [0.4, 0.5) is 11.4 Å². The highest BCUT2D eigenvalue weighted by molar-refractivity contribution is 5.90. The zero-order valence-corrected chi connectivity index (χ0v) is 19.2. The van der Waals surface area contributed by atoms with Crippen molar-refractivity contribution in [1.29, 1.82) is 0 Å². The van der Waals surface area contributed by atoms with Crippen molar-refractivity contribution in [3.8, 4) is 5.75 Å². The van der Waals surface area contributed by atoms with Crippen LogP contribution < -0.4 is 20.4 Å². The number of aryl methyl sites for hydroxylation is 1. The standard InChI is InChI=1S/C26H30N4O3/c1-20-8-10-21(11-9-20)27-26(32)19-30-18-25(33-2)24(31)16-23(30)17-28-12-14-29(15-13-28)22-6-4-3-5-7-22/h3-11,16,18H,12-15,17,19H2,1-2H3,(H,27,32). The largest absolute Gasteiger partial charge is 0.491 e. The molecular formula is C26H30N4O3. The summed E-state index contributed by atoms with van der Waals surface area (Å²) < 4.78 is 7.03. The molecule has 1 aromatic heterocycles. The molecule has 0 aliphatic carbocycles. The molecule has 1 aliphatic heterocycles. The van der Waals surface area contributed by atoms with Crippen LogP contribution >= 0.6 is 0 Å². The molecule has 1 aliphatic rings. The minimum absolute atomic E-state index is 0.101. The highest BCUT2D eigenvalue weighted by Crippen LogP contribution is 2.17. The summed E-state index contributed by atoms with van der Waals surface area (Å²) in [5.74, 6) is 0.0792. The Morgan fingerprint density at radius 1 is 1.00 bits per heavy atom. The highest BCUT2D eigenvalue weighted by Gasteiger charge is 2.19. The molecule has 0 atom stereocenters. The zero-order valence-electron chi connectivity index (χ0n) is 19.2. The van der Waals surface area contributed by atoms with E-state index in [2.05, 4.69) is 39.4 Å². The van der Waals surface area contributed by atoms with Crippen molar-refractivity contribution in [2.75, 3.05) is 43.5 Å². The normalized spacial score (nSPS) is 14.2. The van der Waals surface area contributed by atoms with Gasteiger partial charge in [-0.15, -0.1) is 0 Å². The van der Waals surface area contributed by atoms with E-state index in [1.807, 2.05) is 41.8 Å². The maximum atomic E-state index is 12.7. The fourth-order valence-electron chi connectivity index (χ4n) is 4.05. The van der Waals surface area contributed by atoms with Gasteiger partial charge >= 0.3 is 0 Å². The van der Waals surface area contributed by atoms with Gasteiger partial charge < -0.3 is 19.5 Å². The summed E-state index contributed by atoms with van der Waals surface area (Å²) in [6.07, 6.45) is 1.63. The molecule has 2 aromatic carbocycles. The Bertz CT molecular complexity index is 1130. The molecule has 2 heterocycles. The third-order valence-electron chi connectivity index (χ3n) is 5.93. The summed E-state index contributed by atoms with van der Waals surface area (Å²) in [6.45, 7) is 6.29. The summed E-state index contributed by atoms with van der Waals surface area (Å²) in [7, 11) is 1.47. The third-order valence-corrected chi connectivity index (χ3v) is 5.93. The SMILES string of the molecule is COc1cn(CC(=O)Nc2ccc(C)cc2)c(CN2CCN(c3ccccc3)CC2)cc1=O. The van der Waals surface area contributed by atoms with Crippen LogP contribution in [0.3, 0.4) is 0 Å². The smallest absolute Gasteiger partial charge is 0.244 e. The number of methoxy groups -OCH3 is 1. The molecule has 1 saturated heterocycles. The monoisotopic (exact) mass is 446 g/mol. The molecule has 0 bridgehead atoms. The highest BCUT2D eigenvalue weighted by atomic mass is 16.5. The Balaban J connectivity index is 1.45. The predicted molar refractivity (Wildman–Crippen MR) is 131 cm³/mol. The molecule has 0 spiro atoms. The Hall–Kier alpha value is -3.58. The number of nitrogens with zero attached hydrogens (tertiary/aromatic N) is 3. The number of rotatable bonds is 7. The van der Waals surface area contributed by atoms with Gasteiger partial charge in [0.2, 0.25) is 11.3 Å². The summed E-state index contributed by atoms with van der Waals surface area (Å²) in [4.78, 5) is 29.9. The molecule has 7 heteroatoms. The summed E-state index contributed by atoms with van der Waals surface area (Å²) >= 11 is 0. The maximum Gasteiger partial charge on any atom is 0.244 e. The number of pyridine rings is 1. The van der Waals surface area contributed by atoms with E-state index in [1.165, 1.54) is 12.8 Å². The minimum atomic E-state index is -0.175. The number of para-hydroxylation sites is 1. The Morgan fingerprint density at radius 2 is 1.70 bits per heavy atom. The van der Waals surface area contributed by atoms with E-state index in [1.54, 1.807) is 12.3 Å². The molecule has 4 rings (SSSR count). The average molecular weight is 447 g/mol. The third kappa shape index (κ3) is 5.81. The van der Waals surface area contributed by atoms with Crippen molar-refractivity contribution in [2.24, 2.45) is 0 Å². The Labute approximate surface area is 194 Å². The number of ether oxygens (including phenoxy) is 1. The number of benzene rings is 2. The lowest BCUT2D eigenvalue weighted by Crippen LogP contribution is -2.46. The first-order valence-electron chi connectivity index (χ1n) is 11.2. The van der Waals surface area contributed by atoms with E-state index in [0.717, 1.165) is 43.1 Å². The van der Waals surface area contributed by atoms with E-state index >= 15 is 0 Å².